The molecule has 1 N–H and O–H groups in total. The fourth-order valence-corrected chi connectivity index (χ4v) is 2.87. The van der Waals surface area contributed by atoms with Crippen LogP contribution in [0.4, 0.5) is 4.39 Å². The summed E-state index contributed by atoms with van der Waals surface area (Å²) in [7, 11) is -3.61. The molecular weight excluding hydrogens is 253 g/mol. The lowest BCUT2D eigenvalue weighted by Gasteiger charge is -2.15. The van der Waals surface area contributed by atoms with Crippen LogP contribution in [0.25, 0.3) is 0 Å². The minimum absolute atomic E-state index is 0.183. The largest absolute Gasteiger partial charge is 0.249 e. The maximum atomic E-state index is 12.8. The molecule has 0 aliphatic carbocycles. The Morgan fingerprint density at radius 3 is 2.39 bits per heavy atom. The second-order valence-electron chi connectivity index (χ2n) is 4.43. The van der Waals surface area contributed by atoms with Crippen LogP contribution in [0.5, 0.6) is 0 Å². The van der Waals surface area contributed by atoms with Crippen LogP contribution >= 0.6 is 0 Å². The molecule has 0 amide bonds. The third kappa shape index (κ3) is 4.38. The summed E-state index contributed by atoms with van der Waals surface area (Å²) in [4.78, 5) is 0.183. The van der Waals surface area contributed by atoms with Gasteiger partial charge in [-0.1, -0.05) is 37.5 Å². The summed E-state index contributed by atoms with van der Waals surface area (Å²) in [5.74, 6) is 0. The van der Waals surface area contributed by atoms with Crippen LogP contribution in [0.15, 0.2) is 29.2 Å². The molecule has 0 radical (unpaired) electrons. The molecule has 0 spiro atoms. The Hall–Kier alpha value is -0.940. The van der Waals surface area contributed by atoms with Gasteiger partial charge in [-0.3, -0.25) is 0 Å². The van der Waals surface area contributed by atoms with E-state index in [2.05, 4.69) is 4.72 Å². The van der Waals surface area contributed by atoms with Crippen LogP contribution in [0, 0.1) is 6.92 Å². The zero-order chi connectivity index (χ0) is 13.6. The Morgan fingerprint density at radius 1 is 1.28 bits per heavy atom. The number of halogens is 1. The van der Waals surface area contributed by atoms with Crippen molar-refractivity contribution in [2.24, 2.45) is 0 Å². The number of sulfonamides is 1. The molecule has 0 fully saturated rings. The minimum Gasteiger partial charge on any atom is -0.249 e. The summed E-state index contributed by atoms with van der Waals surface area (Å²) < 4.78 is 39.2. The van der Waals surface area contributed by atoms with E-state index in [1.165, 1.54) is 12.1 Å². The summed E-state index contributed by atoms with van der Waals surface area (Å²) in [5.41, 5.74) is 0.988. The number of rotatable bonds is 7. The number of hydrogen-bond acceptors (Lipinski definition) is 2. The number of alkyl halides is 1. The zero-order valence-corrected chi connectivity index (χ0v) is 11.6. The van der Waals surface area contributed by atoms with Gasteiger partial charge in [0.15, 0.2) is 0 Å². The average Bonchev–Trinajstić information content (AvgIpc) is 2.35. The van der Waals surface area contributed by atoms with Crippen molar-refractivity contribution in [1.29, 1.82) is 0 Å². The number of hydrogen-bond donors (Lipinski definition) is 1. The van der Waals surface area contributed by atoms with Crippen molar-refractivity contribution in [3.63, 3.8) is 0 Å². The maximum Gasteiger partial charge on any atom is 0.240 e. The molecule has 1 unspecified atom stereocenters. The van der Waals surface area contributed by atoms with Crippen molar-refractivity contribution in [2.75, 3.05) is 6.67 Å². The van der Waals surface area contributed by atoms with Crippen LogP contribution in [-0.2, 0) is 10.0 Å². The molecule has 0 saturated carbocycles. The number of aryl methyl sites for hydroxylation is 1. The van der Waals surface area contributed by atoms with Gasteiger partial charge < -0.3 is 0 Å². The first kappa shape index (κ1) is 15.1. The molecule has 5 heteroatoms. The highest BCUT2D eigenvalue weighted by atomic mass is 32.2. The smallest absolute Gasteiger partial charge is 0.240 e. The van der Waals surface area contributed by atoms with E-state index in [1.54, 1.807) is 12.1 Å². The number of nitrogens with one attached hydrogen (secondary N) is 1. The van der Waals surface area contributed by atoms with Crippen molar-refractivity contribution in [3.05, 3.63) is 29.8 Å². The van der Waals surface area contributed by atoms with E-state index in [0.717, 1.165) is 18.4 Å². The highest BCUT2D eigenvalue weighted by Crippen LogP contribution is 2.12. The molecule has 0 bridgehead atoms. The number of unbranched alkanes of at least 4 members (excludes halogenated alkanes) is 1. The molecule has 1 aromatic carbocycles. The molecule has 0 aromatic heterocycles. The quantitative estimate of drug-likeness (QED) is 0.830. The van der Waals surface area contributed by atoms with Crippen LogP contribution in [0.1, 0.15) is 31.7 Å². The van der Waals surface area contributed by atoms with Crippen molar-refractivity contribution >= 4 is 10.0 Å². The number of benzene rings is 1. The first-order chi connectivity index (χ1) is 8.49. The van der Waals surface area contributed by atoms with E-state index < -0.39 is 22.7 Å². The van der Waals surface area contributed by atoms with Gasteiger partial charge >= 0.3 is 0 Å². The van der Waals surface area contributed by atoms with E-state index in [9.17, 15) is 12.8 Å². The normalized spacial score (nSPS) is 13.5. The molecule has 3 nitrogen and oxygen atoms in total. The van der Waals surface area contributed by atoms with Gasteiger partial charge in [-0.05, 0) is 25.5 Å². The molecule has 1 rings (SSSR count). The molecular formula is C13H20FNO2S. The summed E-state index contributed by atoms with van der Waals surface area (Å²) in [6, 6.07) is 5.90. The molecule has 1 aromatic rings. The summed E-state index contributed by atoms with van der Waals surface area (Å²) in [6.07, 6.45) is 2.26. The third-order valence-corrected chi connectivity index (χ3v) is 4.28. The highest BCUT2D eigenvalue weighted by Gasteiger charge is 2.19. The first-order valence-corrected chi connectivity index (χ1v) is 7.63. The molecule has 0 heterocycles. The Labute approximate surface area is 108 Å². The zero-order valence-electron chi connectivity index (χ0n) is 10.8. The van der Waals surface area contributed by atoms with Crippen LogP contribution in [0.2, 0.25) is 0 Å². The monoisotopic (exact) mass is 273 g/mol. The van der Waals surface area contributed by atoms with Gasteiger partial charge in [0.2, 0.25) is 10.0 Å². The van der Waals surface area contributed by atoms with Crippen LogP contribution < -0.4 is 4.72 Å². The van der Waals surface area contributed by atoms with Crippen molar-refractivity contribution in [2.45, 2.75) is 44.0 Å². The molecule has 1 atom stereocenters. The molecule has 0 saturated heterocycles. The Kier molecular flexibility index (Phi) is 5.75. The predicted molar refractivity (Wildman–Crippen MR) is 70.8 cm³/mol. The van der Waals surface area contributed by atoms with Gasteiger partial charge in [-0.2, -0.15) is 0 Å². The molecule has 18 heavy (non-hydrogen) atoms. The van der Waals surface area contributed by atoms with Gasteiger partial charge in [0.1, 0.15) is 6.67 Å². The molecule has 0 aliphatic rings. The first-order valence-electron chi connectivity index (χ1n) is 6.14. The van der Waals surface area contributed by atoms with E-state index in [0.29, 0.717) is 6.42 Å². The predicted octanol–water partition coefficient (Wildman–Crippen LogP) is 2.80. The maximum absolute atomic E-state index is 12.8. The Bertz CT molecular complexity index is 456. The van der Waals surface area contributed by atoms with Gasteiger partial charge in [0.05, 0.1) is 10.9 Å². The van der Waals surface area contributed by atoms with E-state index in [1.807, 2.05) is 13.8 Å². The van der Waals surface area contributed by atoms with Gasteiger partial charge in [-0.15, -0.1) is 0 Å². The lowest BCUT2D eigenvalue weighted by atomic mass is 10.1. The van der Waals surface area contributed by atoms with E-state index in [-0.39, 0.29) is 4.90 Å². The molecule has 0 aliphatic heterocycles. The van der Waals surface area contributed by atoms with E-state index >= 15 is 0 Å². The topological polar surface area (TPSA) is 46.2 Å². The van der Waals surface area contributed by atoms with Gasteiger partial charge in [-0.25, -0.2) is 17.5 Å². The van der Waals surface area contributed by atoms with Crippen molar-refractivity contribution in [1.82, 2.24) is 4.72 Å². The average molecular weight is 273 g/mol. The van der Waals surface area contributed by atoms with Crippen molar-refractivity contribution < 1.29 is 12.8 Å². The summed E-state index contributed by atoms with van der Waals surface area (Å²) in [6.45, 7) is 3.20. The molecule has 102 valence electrons. The Morgan fingerprint density at radius 2 is 1.89 bits per heavy atom. The third-order valence-electron chi connectivity index (χ3n) is 2.75. The summed E-state index contributed by atoms with van der Waals surface area (Å²) in [5, 5.41) is 0. The Balaban J connectivity index is 2.77. The fraction of sp³-hybridized carbons (Fsp3) is 0.538. The van der Waals surface area contributed by atoms with Gasteiger partial charge in [0.25, 0.3) is 0 Å². The summed E-state index contributed by atoms with van der Waals surface area (Å²) >= 11 is 0. The fourth-order valence-electron chi connectivity index (χ4n) is 1.62. The lowest BCUT2D eigenvalue weighted by molar-refractivity contribution is 0.384. The van der Waals surface area contributed by atoms with Crippen LogP contribution in [0.3, 0.4) is 0 Å². The lowest BCUT2D eigenvalue weighted by Crippen LogP contribution is -2.36. The second-order valence-corrected chi connectivity index (χ2v) is 6.14. The van der Waals surface area contributed by atoms with Gasteiger partial charge in [0, 0.05) is 0 Å². The minimum atomic E-state index is -3.61. The standard InChI is InChI=1S/C13H20FNO2S/c1-3-4-5-12(10-14)15-18(16,17)13-8-6-11(2)7-9-13/h6-9,12,15H,3-5,10H2,1-2H3. The van der Waals surface area contributed by atoms with E-state index in [4.69, 9.17) is 0 Å². The van der Waals surface area contributed by atoms with Crippen molar-refractivity contribution in [3.8, 4) is 0 Å². The SMILES string of the molecule is CCCCC(CF)NS(=O)(=O)c1ccc(C)cc1. The second kappa shape index (κ2) is 6.85. The van der Waals surface area contributed by atoms with Crippen LogP contribution in [-0.4, -0.2) is 21.1 Å². The highest BCUT2D eigenvalue weighted by molar-refractivity contribution is 7.89.